The Bertz CT molecular complexity index is 985. The molecule has 1 amide bonds. The van der Waals surface area contributed by atoms with Gasteiger partial charge in [0.2, 0.25) is 0 Å². The van der Waals surface area contributed by atoms with Gasteiger partial charge in [-0.3, -0.25) is 4.79 Å². The largest absolute Gasteiger partial charge is 0.497 e. The highest BCUT2D eigenvalue weighted by molar-refractivity contribution is 5.96. The number of fused-ring (bicyclic) bond motifs is 1. The smallest absolute Gasteiger partial charge is 0.290 e. The van der Waals surface area contributed by atoms with Crippen LogP contribution in [-0.2, 0) is 6.54 Å². The Labute approximate surface area is 171 Å². The molecule has 0 atom stereocenters. The van der Waals surface area contributed by atoms with Crippen LogP contribution in [0.15, 0.2) is 52.9 Å². The van der Waals surface area contributed by atoms with Crippen LogP contribution in [0, 0.1) is 6.92 Å². The molecule has 1 aromatic heterocycles. The Morgan fingerprint density at radius 1 is 1.14 bits per heavy atom. The molecular formula is C24H28N2O3. The summed E-state index contributed by atoms with van der Waals surface area (Å²) >= 11 is 0. The SMILES string of the molecule is COc1ccc(CN(C(=O)c2cc3cc(C)ccc3o2)C2CCN(C)CC2)cc1. The van der Waals surface area contributed by atoms with Gasteiger partial charge in [0.15, 0.2) is 5.76 Å². The molecule has 3 aromatic rings. The number of likely N-dealkylation sites (tertiary alicyclic amines) is 1. The van der Waals surface area contributed by atoms with Crippen LogP contribution in [-0.4, -0.2) is 49.0 Å². The van der Waals surface area contributed by atoms with Crippen molar-refractivity contribution in [2.24, 2.45) is 0 Å². The van der Waals surface area contributed by atoms with Crippen LogP contribution in [0.4, 0.5) is 0 Å². The summed E-state index contributed by atoms with van der Waals surface area (Å²) in [7, 11) is 3.79. The Kier molecular flexibility index (Phi) is 5.58. The summed E-state index contributed by atoms with van der Waals surface area (Å²) < 4.78 is 11.2. The molecule has 152 valence electrons. The van der Waals surface area contributed by atoms with E-state index in [2.05, 4.69) is 18.0 Å². The minimum absolute atomic E-state index is 0.0378. The first-order valence-electron chi connectivity index (χ1n) is 10.2. The first kappa shape index (κ1) is 19.5. The maximum Gasteiger partial charge on any atom is 0.290 e. The number of methoxy groups -OCH3 is 1. The van der Waals surface area contributed by atoms with E-state index in [9.17, 15) is 4.79 Å². The standard InChI is InChI=1S/C24H28N2O3/c1-17-4-9-22-19(14-17)15-23(29-22)24(27)26(20-10-12-25(2)13-11-20)16-18-5-7-21(28-3)8-6-18/h4-9,14-15,20H,10-13,16H2,1-3H3. The van der Waals surface area contributed by atoms with E-state index in [4.69, 9.17) is 9.15 Å². The third-order valence-corrected chi connectivity index (χ3v) is 5.78. The van der Waals surface area contributed by atoms with Gasteiger partial charge in [0.25, 0.3) is 5.91 Å². The summed E-state index contributed by atoms with van der Waals surface area (Å²) in [5, 5.41) is 0.973. The number of nitrogens with zero attached hydrogens (tertiary/aromatic N) is 2. The van der Waals surface area contributed by atoms with Crippen LogP contribution in [0.2, 0.25) is 0 Å². The van der Waals surface area contributed by atoms with Crippen molar-refractivity contribution in [3.05, 3.63) is 65.4 Å². The third-order valence-electron chi connectivity index (χ3n) is 5.78. The van der Waals surface area contributed by atoms with Gasteiger partial charge in [-0.1, -0.05) is 23.8 Å². The zero-order valence-corrected chi connectivity index (χ0v) is 17.4. The lowest BCUT2D eigenvalue weighted by atomic mass is 10.0. The molecule has 0 aliphatic carbocycles. The lowest BCUT2D eigenvalue weighted by molar-refractivity contribution is 0.0540. The number of carbonyl (C=O) groups excluding carboxylic acids is 1. The Morgan fingerprint density at radius 3 is 2.55 bits per heavy atom. The second-order valence-corrected chi connectivity index (χ2v) is 7.97. The van der Waals surface area contributed by atoms with Crippen molar-refractivity contribution in [1.82, 2.24) is 9.80 Å². The average molecular weight is 392 g/mol. The number of rotatable bonds is 5. The fraction of sp³-hybridized carbons (Fsp3) is 0.375. The van der Waals surface area contributed by atoms with E-state index in [1.165, 1.54) is 0 Å². The zero-order valence-electron chi connectivity index (χ0n) is 17.4. The lowest BCUT2D eigenvalue weighted by Crippen LogP contribution is -2.46. The van der Waals surface area contributed by atoms with Gasteiger partial charge in [0, 0.05) is 18.0 Å². The predicted octanol–water partition coefficient (Wildman–Crippen LogP) is 4.49. The van der Waals surface area contributed by atoms with Crippen molar-refractivity contribution in [3.8, 4) is 5.75 Å². The quantitative estimate of drug-likeness (QED) is 0.642. The van der Waals surface area contributed by atoms with E-state index in [1.54, 1.807) is 7.11 Å². The highest BCUT2D eigenvalue weighted by atomic mass is 16.5. The first-order valence-corrected chi connectivity index (χ1v) is 10.2. The summed E-state index contributed by atoms with van der Waals surface area (Å²) in [6.07, 6.45) is 1.94. The number of hydrogen-bond acceptors (Lipinski definition) is 4. The Morgan fingerprint density at radius 2 is 1.86 bits per heavy atom. The van der Waals surface area contributed by atoms with Crippen molar-refractivity contribution in [3.63, 3.8) is 0 Å². The van der Waals surface area contributed by atoms with Gasteiger partial charge in [0.1, 0.15) is 11.3 Å². The molecule has 1 saturated heterocycles. The van der Waals surface area contributed by atoms with Crippen LogP contribution in [0.3, 0.4) is 0 Å². The number of furan rings is 1. The third kappa shape index (κ3) is 4.30. The topological polar surface area (TPSA) is 45.9 Å². The molecule has 1 fully saturated rings. The van der Waals surface area contributed by atoms with Crippen LogP contribution in [0.1, 0.15) is 34.5 Å². The zero-order chi connectivity index (χ0) is 20.4. The number of piperidine rings is 1. The fourth-order valence-electron chi connectivity index (χ4n) is 4.01. The number of ether oxygens (including phenoxy) is 1. The Hall–Kier alpha value is -2.79. The summed E-state index contributed by atoms with van der Waals surface area (Å²) in [5.74, 6) is 1.20. The first-order chi connectivity index (χ1) is 14.0. The van der Waals surface area contributed by atoms with E-state index >= 15 is 0 Å². The molecule has 0 bridgehead atoms. The molecule has 1 aliphatic rings. The highest BCUT2D eigenvalue weighted by Crippen LogP contribution is 2.26. The number of amides is 1. The van der Waals surface area contributed by atoms with Gasteiger partial charge < -0.3 is 19.0 Å². The van der Waals surface area contributed by atoms with Crippen molar-refractivity contribution in [1.29, 1.82) is 0 Å². The number of aryl methyl sites for hydroxylation is 1. The van der Waals surface area contributed by atoms with Gasteiger partial charge in [-0.25, -0.2) is 0 Å². The molecule has 0 saturated carbocycles. The van der Waals surface area contributed by atoms with Crippen LogP contribution in [0.25, 0.3) is 11.0 Å². The van der Waals surface area contributed by atoms with Crippen molar-refractivity contribution < 1.29 is 13.9 Å². The monoisotopic (exact) mass is 392 g/mol. The summed E-state index contributed by atoms with van der Waals surface area (Å²) in [5.41, 5.74) is 3.00. The molecule has 5 heteroatoms. The molecule has 2 heterocycles. The number of carbonyl (C=O) groups is 1. The van der Waals surface area contributed by atoms with Gasteiger partial charge >= 0.3 is 0 Å². The summed E-state index contributed by atoms with van der Waals surface area (Å²) in [6, 6.07) is 16.0. The molecule has 0 unspecified atom stereocenters. The Balaban J connectivity index is 1.62. The average Bonchev–Trinajstić information content (AvgIpc) is 3.16. The molecule has 0 N–H and O–H groups in total. The van der Waals surface area contributed by atoms with E-state index in [-0.39, 0.29) is 11.9 Å². The van der Waals surface area contributed by atoms with E-state index in [0.717, 1.165) is 53.8 Å². The summed E-state index contributed by atoms with van der Waals surface area (Å²) in [4.78, 5) is 17.8. The van der Waals surface area contributed by atoms with E-state index in [1.807, 2.05) is 54.3 Å². The van der Waals surface area contributed by atoms with Gasteiger partial charge in [-0.2, -0.15) is 0 Å². The second kappa shape index (κ2) is 8.29. The van der Waals surface area contributed by atoms with Crippen molar-refractivity contribution >= 4 is 16.9 Å². The molecule has 2 aromatic carbocycles. The molecule has 1 aliphatic heterocycles. The van der Waals surface area contributed by atoms with Crippen LogP contribution >= 0.6 is 0 Å². The molecule has 5 nitrogen and oxygen atoms in total. The highest BCUT2D eigenvalue weighted by Gasteiger charge is 2.29. The van der Waals surface area contributed by atoms with Gasteiger partial charge in [-0.05, 0) is 75.8 Å². The fourth-order valence-corrected chi connectivity index (χ4v) is 4.01. The normalized spacial score (nSPS) is 15.6. The van der Waals surface area contributed by atoms with Crippen LogP contribution < -0.4 is 4.74 Å². The molecular weight excluding hydrogens is 364 g/mol. The maximum absolute atomic E-state index is 13.5. The number of hydrogen-bond donors (Lipinski definition) is 0. The minimum atomic E-state index is -0.0378. The predicted molar refractivity (Wildman–Crippen MR) is 114 cm³/mol. The van der Waals surface area contributed by atoms with Crippen molar-refractivity contribution in [2.75, 3.05) is 27.2 Å². The van der Waals surface area contributed by atoms with Gasteiger partial charge in [0.05, 0.1) is 7.11 Å². The van der Waals surface area contributed by atoms with Crippen LogP contribution in [0.5, 0.6) is 5.75 Å². The molecule has 0 radical (unpaired) electrons. The van der Waals surface area contributed by atoms with Gasteiger partial charge in [-0.15, -0.1) is 0 Å². The van der Waals surface area contributed by atoms with E-state index in [0.29, 0.717) is 12.3 Å². The molecule has 4 rings (SSSR count). The number of benzene rings is 2. The second-order valence-electron chi connectivity index (χ2n) is 7.97. The summed E-state index contributed by atoms with van der Waals surface area (Å²) in [6.45, 7) is 4.60. The van der Waals surface area contributed by atoms with Crippen molar-refractivity contribution in [2.45, 2.75) is 32.4 Å². The minimum Gasteiger partial charge on any atom is -0.497 e. The molecule has 29 heavy (non-hydrogen) atoms. The molecule has 0 spiro atoms. The van der Waals surface area contributed by atoms with E-state index < -0.39 is 0 Å². The lowest BCUT2D eigenvalue weighted by Gasteiger charge is -2.37. The maximum atomic E-state index is 13.5.